The Morgan fingerprint density at radius 3 is 2.43 bits per heavy atom. The van der Waals surface area contributed by atoms with Gasteiger partial charge in [0.05, 0.1) is 5.56 Å². The van der Waals surface area contributed by atoms with Crippen molar-refractivity contribution in [2.75, 3.05) is 5.32 Å². The Balaban J connectivity index is 2.27. The molecule has 0 radical (unpaired) electrons. The fraction of sp³-hybridized carbons (Fsp3) is 0.188. The van der Waals surface area contributed by atoms with E-state index in [1.54, 1.807) is 6.07 Å². The van der Waals surface area contributed by atoms with Crippen LogP contribution in [0.25, 0.3) is 0 Å². The zero-order chi connectivity index (χ0) is 15.6. The number of benzene rings is 2. The minimum absolute atomic E-state index is 0.0225. The molecule has 2 aromatic carbocycles. The van der Waals surface area contributed by atoms with Crippen LogP contribution in [0.15, 0.2) is 42.5 Å². The van der Waals surface area contributed by atoms with E-state index in [2.05, 4.69) is 5.32 Å². The summed E-state index contributed by atoms with van der Waals surface area (Å²) < 4.78 is 37.9. The van der Waals surface area contributed by atoms with Gasteiger partial charge < -0.3 is 5.32 Å². The van der Waals surface area contributed by atoms with Crippen molar-refractivity contribution in [2.24, 2.45) is 0 Å². The van der Waals surface area contributed by atoms with E-state index in [4.69, 9.17) is 0 Å². The number of aryl methyl sites for hydroxylation is 2. The number of anilines is 1. The van der Waals surface area contributed by atoms with E-state index >= 15 is 0 Å². The summed E-state index contributed by atoms with van der Waals surface area (Å²) in [4.78, 5) is 12.1. The standard InChI is InChI=1S/C16H14F3NO/c1-10-6-7-11(2)14(8-10)20-15(21)12-4-3-5-13(9-12)16(17,18)19/h3-9H,1-2H3,(H,20,21). The number of carbonyl (C=O) groups excluding carboxylic acids is 1. The second-order valence-electron chi connectivity index (χ2n) is 4.85. The Labute approximate surface area is 120 Å². The van der Waals surface area contributed by atoms with Crippen molar-refractivity contribution in [2.45, 2.75) is 20.0 Å². The number of halogens is 3. The minimum atomic E-state index is -4.46. The van der Waals surface area contributed by atoms with Crippen molar-refractivity contribution < 1.29 is 18.0 Å². The molecule has 0 atom stereocenters. The third-order valence-corrected chi connectivity index (χ3v) is 3.09. The lowest BCUT2D eigenvalue weighted by Gasteiger charge is -2.11. The van der Waals surface area contributed by atoms with E-state index in [1.165, 1.54) is 12.1 Å². The summed E-state index contributed by atoms with van der Waals surface area (Å²) in [5, 5.41) is 2.64. The number of hydrogen-bond donors (Lipinski definition) is 1. The fourth-order valence-electron chi connectivity index (χ4n) is 1.90. The number of carbonyl (C=O) groups is 1. The molecule has 0 saturated carbocycles. The van der Waals surface area contributed by atoms with Gasteiger partial charge in [-0.2, -0.15) is 13.2 Å². The van der Waals surface area contributed by atoms with E-state index in [-0.39, 0.29) is 5.56 Å². The molecule has 1 N–H and O–H groups in total. The third-order valence-electron chi connectivity index (χ3n) is 3.09. The monoisotopic (exact) mass is 293 g/mol. The lowest BCUT2D eigenvalue weighted by Crippen LogP contribution is -2.14. The van der Waals surface area contributed by atoms with Gasteiger partial charge in [0.25, 0.3) is 5.91 Å². The second-order valence-corrected chi connectivity index (χ2v) is 4.85. The zero-order valence-electron chi connectivity index (χ0n) is 11.6. The summed E-state index contributed by atoms with van der Waals surface area (Å²) in [7, 11) is 0. The molecule has 5 heteroatoms. The first-order chi connectivity index (χ1) is 9.77. The van der Waals surface area contributed by atoms with Gasteiger partial charge in [0.1, 0.15) is 0 Å². The summed E-state index contributed by atoms with van der Waals surface area (Å²) >= 11 is 0. The normalized spacial score (nSPS) is 11.3. The van der Waals surface area contributed by atoms with Gasteiger partial charge in [-0.1, -0.05) is 18.2 Å². The molecular formula is C16H14F3NO. The molecule has 2 rings (SSSR count). The van der Waals surface area contributed by atoms with Crippen LogP contribution in [0.1, 0.15) is 27.0 Å². The van der Waals surface area contributed by atoms with Crippen LogP contribution < -0.4 is 5.32 Å². The van der Waals surface area contributed by atoms with E-state index in [0.717, 1.165) is 23.3 Å². The van der Waals surface area contributed by atoms with Gasteiger partial charge in [0, 0.05) is 11.3 Å². The minimum Gasteiger partial charge on any atom is -0.322 e. The van der Waals surface area contributed by atoms with Crippen LogP contribution >= 0.6 is 0 Å². The van der Waals surface area contributed by atoms with Gasteiger partial charge in [-0.25, -0.2) is 0 Å². The van der Waals surface area contributed by atoms with Crippen LogP contribution in [-0.2, 0) is 6.18 Å². The molecule has 2 nitrogen and oxygen atoms in total. The Bertz CT molecular complexity index is 677. The van der Waals surface area contributed by atoms with E-state index in [1.807, 2.05) is 26.0 Å². The molecule has 0 saturated heterocycles. The Morgan fingerprint density at radius 1 is 1.05 bits per heavy atom. The Kier molecular flexibility index (Phi) is 4.02. The Hall–Kier alpha value is -2.30. The van der Waals surface area contributed by atoms with Crippen LogP contribution in [0.3, 0.4) is 0 Å². The van der Waals surface area contributed by atoms with Crippen LogP contribution in [0.2, 0.25) is 0 Å². The SMILES string of the molecule is Cc1ccc(C)c(NC(=O)c2cccc(C(F)(F)F)c2)c1. The zero-order valence-corrected chi connectivity index (χ0v) is 11.6. The highest BCUT2D eigenvalue weighted by molar-refractivity contribution is 6.04. The van der Waals surface area contributed by atoms with Crippen molar-refractivity contribution in [3.05, 3.63) is 64.7 Å². The summed E-state index contributed by atoms with van der Waals surface area (Å²) in [6.07, 6.45) is -4.46. The molecule has 2 aromatic rings. The lowest BCUT2D eigenvalue weighted by atomic mass is 10.1. The van der Waals surface area contributed by atoms with Crippen molar-refractivity contribution >= 4 is 11.6 Å². The maximum atomic E-state index is 12.6. The van der Waals surface area contributed by atoms with Gasteiger partial charge in [0.15, 0.2) is 0 Å². The van der Waals surface area contributed by atoms with Crippen molar-refractivity contribution in [1.82, 2.24) is 0 Å². The smallest absolute Gasteiger partial charge is 0.322 e. The summed E-state index contributed by atoms with van der Waals surface area (Å²) in [5.41, 5.74) is 1.54. The van der Waals surface area contributed by atoms with E-state index in [9.17, 15) is 18.0 Å². The maximum Gasteiger partial charge on any atom is 0.416 e. The predicted octanol–water partition coefficient (Wildman–Crippen LogP) is 4.57. The summed E-state index contributed by atoms with van der Waals surface area (Å²) in [6, 6.07) is 9.89. The quantitative estimate of drug-likeness (QED) is 0.863. The highest BCUT2D eigenvalue weighted by atomic mass is 19.4. The number of nitrogens with one attached hydrogen (secondary N) is 1. The fourth-order valence-corrected chi connectivity index (χ4v) is 1.90. The first-order valence-corrected chi connectivity index (χ1v) is 6.33. The van der Waals surface area contributed by atoms with Crippen LogP contribution in [-0.4, -0.2) is 5.91 Å². The molecule has 1 amide bonds. The third kappa shape index (κ3) is 3.62. The molecule has 0 aliphatic rings. The van der Waals surface area contributed by atoms with Crippen LogP contribution in [0.5, 0.6) is 0 Å². The largest absolute Gasteiger partial charge is 0.416 e. The molecule has 0 aliphatic carbocycles. The molecule has 0 fully saturated rings. The van der Waals surface area contributed by atoms with Gasteiger partial charge in [-0.3, -0.25) is 4.79 Å². The summed E-state index contributed by atoms with van der Waals surface area (Å²) in [5.74, 6) is -0.560. The molecule has 0 heterocycles. The molecule has 0 unspecified atom stereocenters. The number of alkyl halides is 3. The van der Waals surface area contributed by atoms with Gasteiger partial charge >= 0.3 is 6.18 Å². The maximum absolute atomic E-state index is 12.6. The number of amides is 1. The molecule has 0 bridgehead atoms. The van der Waals surface area contributed by atoms with Gasteiger partial charge in [-0.05, 0) is 49.2 Å². The highest BCUT2D eigenvalue weighted by Gasteiger charge is 2.30. The van der Waals surface area contributed by atoms with Crippen molar-refractivity contribution in [3.63, 3.8) is 0 Å². The van der Waals surface area contributed by atoms with E-state index in [0.29, 0.717) is 5.69 Å². The van der Waals surface area contributed by atoms with Crippen LogP contribution in [0, 0.1) is 13.8 Å². The molecule has 0 aromatic heterocycles. The molecule has 0 spiro atoms. The molecule has 110 valence electrons. The molecular weight excluding hydrogens is 279 g/mol. The van der Waals surface area contributed by atoms with Crippen LogP contribution in [0.4, 0.5) is 18.9 Å². The topological polar surface area (TPSA) is 29.1 Å². The second kappa shape index (κ2) is 5.60. The number of rotatable bonds is 2. The van der Waals surface area contributed by atoms with Gasteiger partial charge in [0.2, 0.25) is 0 Å². The molecule has 21 heavy (non-hydrogen) atoms. The predicted molar refractivity (Wildman–Crippen MR) is 75.3 cm³/mol. The average molecular weight is 293 g/mol. The van der Waals surface area contributed by atoms with Crippen molar-refractivity contribution in [1.29, 1.82) is 0 Å². The molecule has 0 aliphatic heterocycles. The van der Waals surface area contributed by atoms with Crippen molar-refractivity contribution in [3.8, 4) is 0 Å². The Morgan fingerprint density at radius 2 is 1.76 bits per heavy atom. The number of hydrogen-bond acceptors (Lipinski definition) is 1. The first-order valence-electron chi connectivity index (χ1n) is 6.33. The summed E-state index contributed by atoms with van der Waals surface area (Å²) in [6.45, 7) is 3.70. The van der Waals surface area contributed by atoms with E-state index < -0.39 is 17.6 Å². The first kappa shape index (κ1) is 15.1. The van der Waals surface area contributed by atoms with Gasteiger partial charge in [-0.15, -0.1) is 0 Å². The lowest BCUT2D eigenvalue weighted by molar-refractivity contribution is -0.137. The highest BCUT2D eigenvalue weighted by Crippen LogP contribution is 2.29. The average Bonchev–Trinajstić information content (AvgIpc) is 2.42.